The number of benzene rings is 3. The highest BCUT2D eigenvalue weighted by atomic mass is 35.5. The zero-order valence-electron chi connectivity index (χ0n) is 25.8. The number of hydrogen-bond acceptors (Lipinski definition) is 4. The number of halogens is 2. The number of amides is 2. The quantitative estimate of drug-likeness (QED) is 0.233. The number of aryl methyl sites for hydroxylation is 3. The van der Waals surface area contributed by atoms with E-state index in [0.29, 0.717) is 33.3 Å². The topological polar surface area (TPSA) is 86.8 Å². The van der Waals surface area contributed by atoms with Crippen LogP contribution in [0.1, 0.15) is 67.7 Å². The fourth-order valence-electron chi connectivity index (χ4n) is 5.64. The zero-order chi connectivity index (χ0) is 32.0. The Morgan fingerprint density at radius 2 is 1.55 bits per heavy atom. The van der Waals surface area contributed by atoms with Crippen LogP contribution in [0.15, 0.2) is 65.6 Å². The molecule has 1 aliphatic carbocycles. The second kappa shape index (κ2) is 14.8. The predicted molar refractivity (Wildman–Crippen MR) is 178 cm³/mol. The lowest BCUT2D eigenvalue weighted by Crippen LogP contribution is -2.54. The lowest BCUT2D eigenvalue weighted by atomic mass is 9.95. The van der Waals surface area contributed by atoms with Crippen molar-refractivity contribution in [1.29, 1.82) is 0 Å². The van der Waals surface area contributed by atoms with Crippen LogP contribution in [0.2, 0.25) is 10.0 Å². The molecule has 0 spiro atoms. The third-order valence-corrected chi connectivity index (χ3v) is 10.7. The minimum Gasteiger partial charge on any atom is -0.352 e. The van der Waals surface area contributed by atoms with E-state index in [-0.39, 0.29) is 23.4 Å². The Morgan fingerprint density at radius 1 is 0.886 bits per heavy atom. The van der Waals surface area contributed by atoms with Crippen molar-refractivity contribution in [2.24, 2.45) is 0 Å². The van der Waals surface area contributed by atoms with Crippen LogP contribution < -0.4 is 9.62 Å². The van der Waals surface area contributed by atoms with E-state index in [9.17, 15) is 18.0 Å². The first-order valence-corrected chi connectivity index (χ1v) is 17.3. The summed E-state index contributed by atoms with van der Waals surface area (Å²) in [5.41, 5.74) is 3.57. The third-order valence-electron chi connectivity index (χ3n) is 8.20. The van der Waals surface area contributed by atoms with Crippen molar-refractivity contribution in [3.05, 3.63) is 93.0 Å². The largest absolute Gasteiger partial charge is 0.352 e. The van der Waals surface area contributed by atoms with Gasteiger partial charge in [0.15, 0.2) is 0 Å². The molecule has 1 N–H and O–H groups in total. The molecule has 1 atom stereocenters. The number of nitrogens with zero attached hydrogens (tertiary/aromatic N) is 2. The fourth-order valence-corrected chi connectivity index (χ4v) is 7.43. The first kappa shape index (κ1) is 33.8. The molecular weight excluding hydrogens is 617 g/mol. The second-order valence-electron chi connectivity index (χ2n) is 11.7. The molecule has 0 aliphatic heterocycles. The van der Waals surface area contributed by atoms with E-state index in [1.807, 2.05) is 39.8 Å². The van der Waals surface area contributed by atoms with Crippen LogP contribution in [0.5, 0.6) is 0 Å². The molecule has 3 aromatic rings. The average Bonchev–Trinajstić information content (AvgIpc) is 2.99. The van der Waals surface area contributed by atoms with Gasteiger partial charge in [0.05, 0.1) is 20.6 Å². The molecule has 1 aliphatic rings. The molecule has 1 saturated carbocycles. The van der Waals surface area contributed by atoms with Gasteiger partial charge < -0.3 is 10.2 Å². The Bertz CT molecular complexity index is 1590. The van der Waals surface area contributed by atoms with E-state index >= 15 is 0 Å². The number of rotatable bonds is 11. The van der Waals surface area contributed by atoms with Crippen LogP contribution in [0.25, 0.3) is 0 Å². The standard InChI is InChI=1S/C34H41Cl2N3O4S/c1-5-31(34(41)37-27-9-7-6-8-10-27)38(21-26-15-18-29(35)30(36)20-26)33(40)22-39(32-19-24(3)11-14-25(32)4)44(42,43)28-16-12-23(2)13-17-28/h11-20,27,31H,5-10,21-22H2,1-4H3,(H,37,41)/t31-/m1/s1. The van der Waals surface area contributed by atoms with Crippen LogP contribution in [-0.4, -0.2) is 43.8 Å². The Balaban J connectivity index is 1.75. The summed E-state index contributed by atoms with van der Waals surface area (Å²) in [6.45, 7) is 6.99. The highest BCUT2D eigenvalue weighted by molar-refractivity contribution is 7.92. The van der Waals surface area contributed by atoms with Gasteiger partial charge in [-0.3, -0.25) is 13.9 Å². The molecule has 3 aromatic carbocycles. The van der Waals surface area contributed by atoms with Crippen LogP contribution in [-0.2, 0) is 26.2 Å². The van der Waals surface area contributed by atoms with Crippen molar-refractivity contribution in [2.75, 3.05) is 10.8 Å². The van der Waals surface area contributed by atoms with E-state index in [1.54, 1.807) is 48.5 Å². The van der Waals surface area contributed by atoms with Crippen molar-refractivity contribution < 1.29 is 18.0 Å². The molecule has 10 heteroatoms. The van der Waals surface area contributed by atoms with Crippen molar-refractivity contribution in [3.8, 4) is 0 Å². The van der Waals surface area contributed by atoms with Gasteiger partial charge >= 0.3 is 0 Å². The van der Waals surface area contributed by atoms with Crippen LogP contribution in [0, 0.1) is 20.8 Å². The Morgan fingerprint density at radius 3 is 2.18 bits per heavy atom. The summed E-state index contributed by atoms with van der Waals surface area (Å²) in [5.74, 6) is -0.745. The molecule has 0 saturated heterocycles. The molecule has 7 nitrogen and oxygen atoms in total. The normalized spacial score (nSPS) is 14.6. The van der Waals surface area contributed by atoms with Gasteiger partial charge in [-0.2, -0.15) is 0 Å². The predicted octanol–water partition coefficient (Wildman–Crippen LogP) is 7.37. The molecule has 0 aromatic heterocycles. The molecule has 2 amide bonds. The monoisotopic (exact) mass is 657 g/mol. The molecular formula is C34H41Cl2N3O4S. The highest BCUT2D eigenvalue weighted by Gasteiger charge is 2.35. The molecule has 0 heterocycles. The van der Waals surface area contributed by atoms with Crippen LogP contribution >= 0.6 is 23.2 Å². The number of carbonyl (C=O) groups excluding carboxylic acids is 2. The molecule has 44 heavy (non-hydrogen) atoms. The third kappa shape index (κ3) is 8.14. The number of nitrogens with one attached hydrogen (secondary N) is 1. The Kier molecular flexibility index (Phi) is 11.4. The summed E-state index contributed by atoms with van der Waals surface area (Å²) < 4.78 is 29.5. The number of sulfonamides is 1. The van der Waals surface area contributed by atoms with Crippen LogP contribution in [0.3, 0.4) is 0 Å². The van der Waals surface area contributed by atoms with Crippen molar-refractivity contribution >= 4 is 50.7 Å². The summed E-state index contributed by atoms with van der Waals surface area (Å²) in [5, 5.41) is 3.87. The lowest BCUT2D eigenvalue weighted by molar-refractivity contribution is -0.140. The summed E-state index contributed by atoms with van der Waals surface area (Å²) in [4.78, 5) is 29.7. The number of hydrogen-bond donors (Lipinski definition) is 1. The van der Waals surface area contributed by atoms with Crippen LogP contribution in [0.4, 0.5) is 5.69 Å². The zero-order valence-corrected chi connectivity index (χ0v) is 28.1. The minimum atomic E-state index is -4.15. The van der Waals surface area contributed by atoms with Gasteiger partial charge in [0.25, 0.3) is 10.0 Å². The van der Waals surface area contributed by atoms with E-state index in [4.69, 9.17) is 23.2 Å². The van der Waals surface area contributed by atoms with Crippen molar-refractivity contribution in [2.45, 2.75) is 89.7 Å². The highest BCUT2D eigenvalue weighted by Crippen LogP contribution is 2.30. The number of carbonyl (C=O) groups is 2. The molecule has 0 radical (unpaired) electrons. The maximum atomic E-state index is 14.4. The van der Waals surface area contributed by atoms with Gasteiger partial charge in [0.1, 0.15) is 12.6 Å². The summed E-state index contributed by atoms with van der Waals surface area (Å²) in [6.07, 6.45) is 5.40. The maximum absolute atomic E-state index is 14.4. The van der Waals surface area contributed by atoms with Gasteiger partial charge in [-0.25, -0.2) is 8.42 Å². The first-order valence-electron chi connectivity index (χ1n) is 15.1. The van der Waals surface area contributed by atoms with Crippen molar-refractivity contribution in [3.63, 3.8) is 0 Å². The SMILES string of the molecule is CC[C@H](C(=O)NC1CCCCC1)N(Cc1ccc(Cl)c(Cl)c1)C(=O)CN(c1cc(C)ccc1C)S(=O)(=O)c1ccc(C)cc1. The molecule has 0 unspecified atom stereocenters. The molecule has 236 valence electrons. The van der Waals surface area contributed by atoms with Crippen molar-refractivity contribution in [1.82, 2.24) is 10.2 Å². The molecule has 0 bridgehead atoms. The van der Waals surface area contributed by atoms with Gasteiger partial charge in [-0.1, -0.05) is 85.3 Å². The summed E-state index contributed by atoms with van der Waals surface area (Å²) in [6, 6.07) is 16.4. The first-order chi connectivity index (χ1) is 20.9. The summed E-state index contributed by atoms with van der Waals surface area (Å²) >= 11 is 12.5. The maximum Gasteiger partial charge on any atom is 0.264 e. The lowest BCUT2D eigenvalue weighted by Gasteiger charge is -2.35. The molecule has 4 rings (SSSR count). The van der Waals surface area contributed by atoms with E-state index < -0.39 is 28.5 Å². The van der Waals surface area contributed by atoms with Gasteiger partial charge in [0, 0.05) is 12.6 Å². The average molecular weight is 659 g/mol. The van der Waals surface area contributed by atoms with E-state index in [1.165, 1.54) is 4.90 Å². The fraction of sp³-hybridized carbons (Fsp3) is 0.412. The molecule has 1 fully saturated rings. The van der Waals surface area contributed by atoms with E-state index in [0.717, 1.165) is 47.5 Å². The smallest absolute Gasteiger partial charge is 0.264 e. The van der Waals surface area contributed by atoms with Gasteiger partial charge in [0.2, 0.25) is 11.8 Å². The summed E-state index contributed by atoms with van der Waals surface area (Å²) in [7, 11) is -4.15. The van der Waals surface area contributed by atoms with Gasteiger partial charge in [-0.05, 0) is 87.1 Å². The Labute approximate surface area is 271 Å². The van der Waals surface area contributed by atoms with Gasteiger partial charge in [-0.15, -0.1) is 0 Å². The number of anilines is 1. The Hall–Kier alpha value is -3.07. The second-order valence-corrected chi connectivity index (χ2v) is 14.3. The minimum absolute atomic E-state index is 0.0531. The van der Waals surface area contributed by atoms with E-state index in [2.05, 4.69) is 5.32 Å².